The number of hydrogen-bond acceptors (Lipinski definition) is 5. The Balaban J connectivity index is 1.43. The van der Waals surface area contributed by atoms with Gasteiger partial charge >= 0.3 is 6.09 Å². The lowest BCUT2D eigenvalue weighted by Crippen LogP contribution is -2.17. The Labute approximate surface area is 197 Å². The number of para-hydroxylation sites is 1. The summed E-state index contributed by atoms with van der Waals surface area (Å²) < 4.78 is 16.8. The molecule has 0 aliphatic rings. The summed E-state index contributed by atoms with van der Waals surface area (Å²) >= 11 is 6.20. The number of ether oxygens (including phenoxy) is 2. The van der Waals surface area contributed by atoms with Crippen molar-refractivity contribution in [3.05, 3.63) is 101 Å². The predicted octanol–water partition coefficient (Wildman–Crippen LogP) is 7.19. The van der Waals surface area contributed by atoms with E-state index in [2.05, 4.69) is 10.5 Å². The molecule has 7 heteroatoms. The first-order valence-corrected chi connectivity index (χ1v) is 10.8. The maximum Gasteiger partial charge on any atom is 0.412 e. The van der Waals surface area contributed by atoms with Crippen LogP contribution >= 0.6 is 11.6 Å². The zero-order valence-electron chi connectivity index (χ0n) is 18.2. The molecule has 1 heterocycles. The van der Waals surface area contributed by atoms with E-state index < -0.39 is 12.2 Å². The largest absolute Gasteiger partial charge is 0.489 e. The molecule has 0 saturated carbocycles. The lowest BCUT2D eigenvalue weighted by molar-refractivity contribution is 0.121. The van der Waals surface area contributed by atoms with Crippen LogP contribution in [0, 0.1) is 6.92 Å². The fourth-order valence-corrected chi connectivity index (χ4v) is 3.60. The van der Waals surface area contributed by atoms with Gasteiger partial charge in [0.25, 0.3) is 0 Å². The van der Waals surface area contributed by atoms with Gasteiger partial charge in [0.05, 0.1) is 0 Å². The maximum absolute atomic E-state index is 12.6. The molecule has 1 unspecified atom stereocenters. The molecule has 4 rings (SSSR count). The molecule has 0 fully saturated rings. The van der Waals surface area contributed by atoms with Crippen LogP contribution in [0.3, 0.4) is 0 Å². The first-order valence-electron chi connectivity index (χ1n) is 10.5. The van der Waals surface area contributed by atoms with Crippen molar-refractivity contribution in [2.45, 2.75) is 26.6 Å². The number of amides is 1. The number of aryl methyl sites for hydroxylation is 1. The SMILES string of the molecule is Cc1noc(-c2ccc(COc3ccccc3)cc2)c1NC(=O)OC(C)c1ccccc1Cl. The van der Waals surface area contributed by atoms with E-state index in [1.807, 2.05) is 72.8 Å². The Morgan fingerprint density at radius 1 is 1.03 bits per heavy atom. The molecule has 0 spiro atoms. The Morgan fingerprint density at radius 3 is 2.45 bits per heavy atom. The van der Waals surface area contributed by atoms with Gasteiger partial charge in [0, 0.05) is 16.1 Å². The number of rotatable bonds is 7. The second-order valence-corrected chi connectivity index (χ2v) is 7.87. The third-order valence-corrected chi connectivity index (χ3v) is 5.43. The highest BCUT2D eigenvalue weighted by atomic mass is 35.5. The first-order chi connectivity index (χ1) is 16.0. The van der Waals surface area contributed by atoms with Crippen molar-refractivity contribution >= 4 is 23.4 Å². The van der Waals surface area contributed by atoms with Crippen LogP contribution in [-0.2, 0) is 11.3 Å². The van der Waals surface area contributed by atoms with Crippen molar-refractivity contribution in [3.63, 3.8) is 0 Å². The minimum atomic E-state index is -0.622. The van der Waals surface area contributed by atoms with E-state index in [9.17, 15) is 4.79 Å². The first kappa shape index (κ1) is 22.4. The summed E-state index contributed by atoms with van der Waals surface area (Å²) in [4.78, 5) is 12.6. The topological polar surface area (TPSA) is 73.6 Å². The van der Waals surface area contributed by atoms with E-state index in [4.69, 9.17) is 25.6 Å². The number of aromatic nitrogens is 1. The van der Waals surface area contributed by atoms with Gasteiger partial charge in [0.1, 0.15) is 29.8 Å². The number of carbonyl (C=O) groups is 1. The second-order valence-electron chi connectivity index (χ2n) is 7.46. The van der Waals surface area contributed by atoms with Crippen LogP contribution in [0.15, 0.2) is 83.4 Å². The highest BCUT2D eigenvalue weighted by molar-refractivity contribution is 6.31. The number of benzene rings is 3. The van der Waals surface area contributed by atoms with E-state index in [1.54, 1.807) is 19.9 Å². The number of nitrogens with one attached hydrogen (secondary N) is 1. The standard InChI is InChI=1S/C26H23ClN2O4/c1-17-24(28-26(30)32-18(2)22-10-6-7-11-23(22)27)25(33-29-17)20-14-12-19(13-15-20)16-31-21-8-4-3-5-9-21/h3-15,18H,16H2,1-2H3,(H,28,30). The van der Waals surface area contributed by atoms with Gasteiger partial charge < -0.3 is 14.0 Å². The zero-order chi connectivity index (χ0) is 23.2. The summed E-state index contributed by atoms with van der Waals surface area (Å²) in [5, 5.41) is 7.30. The average Bonchev–Trinajstić information content (AvgIpc) is 3.18. The van der Waals surface area contributed by atoms with Crippen molar-refractivity contribution in [1.82, 2.24) is 5.16 Å². The third-order valence-electron chi connectivity index (χ3n) is 5.08. The smallest absolute Gasteiger partial charge is 0.412 e. The Bertz CT molecular complexity index is 1220. The van der Waals surface area contributed by atoms with Crippen LogP contribution in [0.1, 0.15) is 29.8 Å². The molecule has 0 bridgehead atoms. The number of hydrogen-bond donors (Lipinski definition) is 1. The van der Waals surface area contributed by atoms with Gasteiger partial charge in [0.2, 0.25) is 0 Å². The van der Waals surface area contributed by atoms with E-state index in [1.165, 1.54) is 0 Å². The predicted molar refractivity (Wildman–Crippen MR) is 127 cm³/mol. The molecule has 168 valence electrons. The van der Waals surface area contributed by atoms with Gasteiger partial charge in [-0.05, 0) is 37.6 Å². The van der Waals surface area contributed by atoms with Gasteiger partial charge in [-0.2, -0.15) is 0 Å². The summed E-state index contributed by atoms with van der Waals surface area (Å²) in [5.41, 5.74) is 3.50. The number of anilines is 1. The lowest BCUT2D eigenvalue weighted by atomic mass is 10.1. The van der Waals surface area contributed by atoms with Crippen molar-refractivity contribution < 1.29 is 18.8 Å². The summed E-state index contributed by atoms with van der Waals surface area (Å²) in [6.07, 6.45) is -1.14. The van der Waals surface area contributed by atoms with Crippen LogP contribution in [0.25, 0.3) is 11.3 Å². The molecule has 0 aliphatic heterocycles. The minimum Gasteiger partial charge on any atom is -0.489 e. The molecule has 0 radical (unpaired) electrons. The molecule has 6 nitrogen and oxygen atoms in total. The van der Waals surface area contributed by atoms with Crippen LogP contribution in [0.5, 0.6) is 5.75 Å². The Morgan fingerprint density at radius 2 is 1.73 bits per heavy atom. The summed E-state index contributed by atoms with van der Waals surface area (Å²) in [6, 6.07) is 24.5. The maximum atomic E-state index is 12.6. The van der Waals surface area contributed by atoms with Crippen LogP contribution in [-0.4, -0.2) is 11.2 Å². The third kappa shape index (κ3) is 5.54. The Hall–Kier alpha value is -3.77. The molecule has 1 atom stereocenters. The number of carbonyl (C=O) groups excluding carboxylic acids is 1. The summed E-state index contributed by atoms with van der Waals surface area (Å²) in [7, 11) is 0. The summed E-state index contributed by atoms with van der Waals surface area (Å²) in [5.74, 6) is 1.26. The van der Waals surface area contributed by atoms with Crippen LogP contribution < -0.4 is 10.1 Å². The molecular formula is C26H23ClN2O4. The van der Waals surface area contributed by atoms with E-state index in [0.29, 0.717) is 28.8 Å². The molecule has 0 saturated heterocycles. The molecule has 3 aromatic carbocycles. The molecule has 1 amide bonds. The normalized spacial score (nSPS) is 11.6. The van der Waals surface area contributed by atoms with Crippen molar-refractivity contribution in [2.75, 3.05) is 5.32 Å². The monoisotopic (exact) mass is 462 g/mol. The number of nitrogens with zero attached hydrogens (tertiary/aromatic N) is 1. The van der Waals surface area contributed by atoms with Crippen molar-refractivity contribution in [1.29, 1.82) is 0 Å². The van der Waals surface area contributed by atoms with E-state index in [-0.39, 0.29) is 0 Å². The quantitative estimate of drug-likeness (QED) is 0.314. The Kier molecular flexibility index (Phi) is 6.95. The van der Waals surface area contributed by atoms with Crippen LogP contribution in [0.2, 0.25) is 5.02 Å². The molecule has 4 aromatic rings. The lowest BCUT2D eigenvalue weighted by Gasteiger charge is -2.15. The van der Waals surface area contributed by atoms with Gasteiger partial charge in [-0.25, -0.2) is 4.79 Å². The fourth-order valence-electron chi connectivity index (χ4n) is 3.31. The second kappa shape index (κ2) is 10.2. The molecule has 0 aliphatic carbocycles. The molecule has 33 heavy (non-hydrogen) atoms. The summed E-state index contributed by atoms with van der Waals surface area (Å²) in [6.45, 7) is 3.96. The fraction of sp³-hybridized carbons (Fsp3) is 0.154. The van der Waals surface area contributed by atoms with Gasteiger partial charge in [-0.15, -0.1) is 0 Å². The zero-order valence-corrected chi connectivity index (χ0v) is 19.0. The highest BCUT2D eigenvalue weighted by Gasteiger charge is 2.20. The molecule has 1 aromatic heterocycles. The van der Waals surface area contributed by atoms with Gasteiger partial charge in [-0.1, -0.05) is 77.4 Å². The van der Waals surface area contributed by atoms with Gasteiger partial charge in [0.15, 0.2) is 5.76 Å². The minimum absolute atomic E-state index is 0.442. The number of halogens is 1. The average molecular weight is 463 g/mol. The van der Waals surface area contributed by atoms with Crippen molar-refractivity contribution in [2.24, 2.45) is 0 Å². The van der Waals surface area contributed by atoms with E-state index >= 15 is 0 Å². The molecule has 1 N–H and O–H groups in total. The van der Waals surface area contributed by atoms with E-state index in [0.717, 1.165) is 22.4 Å². The highest BCUT2D eigenvalue weighted by Crippen LogP contribution is 2.32. The van der Waals surface area contributed by atoms with Gasteiger partial charge in [-0.3, -0.25) is 5.32 Å². The van der Waals surface area contributed by atoms with Crippen molar-refractivity contribution in [3.8, 4) is 17.1 Å². The molecular weight excluding hydrogens is 440 g/mol. The van der Waals surface area contributed by atoms with Crippen LogP contribution in [0.4, 0.5) is 10.5 Å².